The second-order valence-corrected chi connectivity index (χ2v) is 12.2. The van der Waals surface area contributed by atoms with E-state index in [1.165, 1.54) is 22.3 Å². The van der Waals surface area contributed by atoms with Crippen LogP contribution in [-0.4, -0.2) is 9.97 Å². The van der Waals surface area contributed by atoms with Crippen LogP contribution >= 0.6 is 0 Å². The smallest absolute Gasteiger partial charge is 0.170 e. The third-order valence-electron chi connectivity index (χ3n) is 9.14. The Hall–Kier alpha value is -5.74. The summed E-state index contributed by atoms with van der Waals surface area (Å²) in [5.74, 6) is 3.58. The molecule has 0 atom stereocenters. The summed E-state index contributed by atoms with van der Waals surface area (Å²) in [4.78, 5) is 10.0. The highest BCUT2D eigenvalue weighted by atomic mass is 16.6. The van der Waals surface area contributed by atoms with Crippen LogP contribution in [0.5, 0.6) is 23.0 Å². The number of nitrogens with zero attached hydrogens (tertiary/aromatic N) is 2. The van der Waals surface area contributed by atoms with Gasteiger partial charge >= 0.3 is 0 Å². The molecule has 6 aromatic carbocycles. The molecule has 0 radical (unpaired) electrons. The van der Waals surface area contributed by atoms with Crippen molar-refractivity contribution >= 4 is 10.9 Å². The molecular weight excluding hydrogens is 552 g/mol. The van der Waals surface area contributed by atoms with Gasteiger partial charge in [0.15, 0.2) is 28.8 Å². The second kappa shape index (κ2) is 9.63. The predicted octanol–water partition coefficient (Wildman–Crippen LogP) is 10.8. The lowest BCUT2D eigenvalue weighted by Crippen LogP contribution is -2.15. The molecule has 2 aliphatic rings. The van der Waals surface area contributed by atoms with Crippen molar-refractivity contribution in [2.45, 2.75) is 19.3 Å². The number of ether oxygens (including phenoxy) is 2. The topological polar surface area (TPSA) is 44.2 Å². The molecule has 0 unspecified atom stereocenters. The molecule has 0 bridgehead atoms. The number of rotatable bonds is 3. The van der Waals surface area contributed by atoms with Gasteiger partial charge in [-0.3, -0.25) is 0 Å². The Morgan fingerprint density at radius 2 is 1.16 bits per heavy atom. The van der Waals surface area contributed by atoms with Gasteiger partial charge in [0.2, 0.25) is 0 Å². The summed E-state index contributed by atoms with van der Waals surface area (Å²) in [5.41, 5.74) is 10.9. The van der Waals surface area contributed by atoms with Crippen LogP contribution in [0, 0.1) is 0 Å². The maximum Gasteiger partial charge on any atom is 0.170 e. The molecule has 1 aliphatic carbocycles. The number of aromatic nitrogens is 2. The van der Waals surface area contributed by atoms with Gasteiger partial charge in [-0.05, 0) is 69.8 Å². The van der Waals surface area contributed by atoms with Crippen molar-refractivity contribution in [3.63, 3.8) is 0 Å². The van der Waals surface area contributed by atoms with Crippen molar-refractivity contribution in [1.82, 2.24) is 9.97 Å². The Kier molecular flexibility index (Phi) is 5.51. The lowest BCUT2D eigenvalue weighted by molar-refractivity contribution is 0.359. The Balaban J connectivity index is 1.09. The van der Waals surface area contributed by atoms with Crippen LogP contribution in [-0.2, 0) is 5.41 Å². The van der Waals surface area contributed by atoms with E-state index in [4.69, 9.17) is 19.4 Å². The Labute approximate surface area is 261 Å². The summed E-state index contributed by atoms with van der Waals surface area (Å²) in [6.45, 7) is 4.54. The number of fused-ring (bicyclic) bond motifs is 6. The maximum atomic E-state index is 6.53. The van der Waals surface area contributed by atoms with E-state index >= 15 is 0 Å². The molecule has 1 aliphatic heterocycles. The molecule has 0 N–H and O–H groups in total. The highest BCUT2D eigenvalue weighted by Gasteiger charge is 2.37. The fourth-order valence-electron chi connectivity index (χ4n) is 6.82. The molecule has 4 nitrogen and oxygen atoms in total. The molecule has 9 rings (SSSR count). The van der Waals surface area contributed by atoms with Gasteiger partial charge in [0, 0.05) is 21.9 Å². The highest BCUT2D eigenvalue weighted by molar-refractivity contribution is 5.93. The van der Waals surface area contributed by atoms with Crippen molar-refractivity contribution in [2.75, 3.05) is 0 Å². The third kappa shape index (κ3) is 4.06. The zero-order chi connectivity index (χ0) is 30.1. The Bertz CT molecular complexity index is 2310. The molecule has 0 saturated heterocycles. The Morgan fingerprint density at radius 3 is 2.07 bits per heavy atom. The average Bonchev–Trinajstić information content (AvgIpc) is 3.31. The van der Waals surface area contributed by atoms with Gasteiger partial charge in [-0.1, -0.05) is 111 Å². The van der Waals surface area contributed by atoms with Gasteiger partial charge in [-0.15, -0.1) is 0 Å². The molecule has 0 saturated carbocycles. The van der Waals surface area contributed by atoms with Crippen molar-refractivity contribution in [1.29, 1.82) is 0 Å². The lowest BCUT2D eigenvalue weighted by Gasteiger charge is -2.25. The van der Waals surface area contributed by atoms with Gasteiger partial charge in [-0.2, -0.15) is 0 Å². The average molecular weight is 581 g/mol. The fraction of sp³-hybridized carbons (Fsp3) is 0.0732. The molecule has 0 spiro atoms. The van der Waals surface area contributed by atoms with Gasteiger partial charge in [0.25, 0.3) is 0 Å². The summed E-state index contributed by atoms with van der Waals surface area (Å²) < 4.78 is 13.0. The molecule has 214 valence electrons. The first-order valence-electron chi connectivity index (χ1n) is 15.2. The quantitative estimate of drug-likeness (QED) is 0.208. The fourth-order valence-corrected chi connectivity index (χ4v) is 6.82. The molecule has 4 heteroatoms. The largest absolute Gasteiger partial charge is 0.450 e. The van der Waals surface area contributed by atoms with Crippen molar-refractivity contribution in [3.8, 4) is 67.9 Å². The van der Waals surface area contributed by atoms with Gasteiger partial charge < -0.3 is 9.47 Å². The predicted molar refractivity (Wildman–Crippen MR) is 180 cm³/mol. The summed E-state index contributed by atoms with van der Waals surface area (Å²) in [5, 5.41) is 1.04. The van der Waals surface area contributed by atoms with Crippen LogP contribution in [0.25, 0.3) is 55.8 Å². The first kappa shape index (κ1) is 25.7. The standard InChI is InChI=1S/C41H28N2O2/c1-41(2)32-17-8-6-15-29(32)31-23-37-38(24-33(31)41)44-35-20-19-27(22-36(35)45-37)26-13-10-14-28(21-26)40-42-34-18-9-7-16-30(34)39(43-40)25-11-4-3-5-12-25/h3-24H,1-2H3. The number of benzene rings is 6. The van der Waals surface area contributed by atoms with E-state index in [1.807, 2.05) is 42.5 Å². The molecule has 7 aromatic rings. The number of hydrogen-bond donors (Lipinski definition) is 0. The summed E-state index contributed by atoms with van der Waals surface area (Å²) in [6, 6.07) is 45.9. The van der Waals surface area contributed by atoms with Crippen LogP contribution < -0.4 is 9.47 Å². The maximum absolute atomic E-state index is 6.53. The zero-order valence-corrected chi connectivity index (χ0v) is 24.9. The van der Waals surface area contributed by atoms with E-state index in [-0.39, 0.29) is 5.41 Å². The van der Waals surface area contributed by atoms with Crippen LogP contribution in [0.15, 0.2) is 133 Å². The van der Waals surface area contributed by atoms with Gasteiger partial charge in [0.05, 0.1) is 11.2 Å². The minimum Gasteiger partial charge on any atom is -0.450 e. The van der Waals surface area contributed by atoms with Crippen molar-refractivity contribution < 1.29 is 9.47 Å². The number of hydrogen-bond acceptors (Lipinski definition) is 4. The van der Waals surface area contributed by atoms with E-state index in [0.717, 1.165) is 50.3 Å². The van der Waals surface area contributed by atoms with E-state index < -0.39 is 0 Å². The summed E-state index contributed by atoms with van der Waals surface area (Å²) in [7, 11) is 0. The molecular formula is C41H28N2O2. The highest BCUT2D eigenvalue weighted by Crippen LogP contribution is 2.55. The van der Waals surface area contributed by atoms with Crippen LogP contribution in [0.2, 0.25) is 0 Å². The summed E-state index contributed by atoms with van der Waals surface area (Å²) in [6.07, 6.45) is 0. The van der Waals surface area contributed by atoms with Crippen LogP contribution in [0.3, 0.4) is 0 Å². The van der Waals surface area contributed by atoms with E-state index in [9.17, 15) is 0 Å². The van der Waals surface area contributed by atoms with E-state index in [1.54, 1.807) is 0 Å². The molecule has 2 heterocycles. The van der Waals surface area contributed by atoms with E-state index in [2.05, 4.69) is 105 Å². The lowest BCUT2D eigenvalue weighted by atomic mass is 9.82. The normalized spacial score (nSPS) is 13.6. The molecule has 1 aromatic heterocycles. The van der Waals surface area contributed by atoms with Crippen LogP contribution in [0.4, 0.5) is 0 Å². The molecule has 45 heavy (non-hydrogen) atoms. The van der Waals surface area contributed by atoms with Gasteiger partial charge in [0.1, 0.15) is 0 Å². The Morgan fingerprint density at radius 1 is 0.467 bits per heavy atom. The summed E-state index contributed by atoms with van der Waals surface area (Å²) >= 11 is 0. The zero-order valence-electron chi connectivity index (χ0n) is 24.9. The minimum atomic E-state index is -0.101. The SMILES string of the molecule is CC1(C)c2ccccc2-c2cc3c(cc21)Oc1ccc(-c2cccc(-c4nc(-c5ccccc5)c5ccccc5n4)c2)cc1O3. The monoisotopic (exact) mass is 580 g/mol. The third-order valence-corrected chi connectivity index (χ3v) is 9.14. The molecule has 0 fully saturated rings. The van der Waals surface area contributed by atoms with Crippen molar-refractivity contribution in [3.05, 3.63) is 145 Å². The minimum absolute atomic E-state index is 0.101. The number of para-hydroxylation sites is 1. The van der Waals surface area contributed by atoms with Gasteiger partial charge in [-0.25, -0.2) is 9.97 Å². The first-order chi connectivity index (χ1) is 22.0. The van der Waals surface area contributed by atoms with Crippen LogP contribution in [0.1, 0.15) is 25.0 Å². The first-order valence-corrected chi connectivity index (χ1v) is 15.2. The van der Waals surface area contributed by atoms with E-state index in [0.29, 0.717) is 17.3 Å². The second-order valence-electron chi connectivity index (χ2n) is 12.2. The van der Waals surface area contributed by atoms with Crippen molar-refractivity contribution in [2.24, 2.45) is 0 Å². The molecule has 0 amide bonds.